The second-order valence-electron chi connectivity index (χ2n) is 6.61. The fourth-order valence-electron chi connectivity index (χ4n) is 3.19. The minimum Gasteiger partial charge on any atom is -0.478 e. The van der Waals surface area contributed by atoms with Crippen LogP contribution in [0.2, 0.25) is 5.02 Å². The molecule has 0 aliphatic carbocycles. The van der Waals surface area contributed by atoms with Gasteiger partial charge in [-0.25, -0.2) is 0 Å². The Morgan fingerprint density at radius 2 is 1.88 bits per heavy atom. The number of nitrogens with one attached hydrogen (secondary N) is 1. The number of rotatable bonds is 8. The molecule has 1 aliphatic heterocycles. The number of anilines is 1. The standard InChI is InChI=1S/C21H25ClN2O2/c1-3-4-13-23-14-19-20(26-17-11-9-16(22)10-12-17)21(25)24(19)18-8-6-5-7-15(18)2/h5-12,19-20,23H,3-4,13-14H2,1-2H3/t19-,20-/m1/s1. The molecular formula is C21H25ClN2O2. The van der Waals surface area contributed by atoms with Crippen LogP contribution < -0.4 is 15.0 Å². The van der Waals surface area contributed by atoms with Crippen molar-refractivity contribution < 1.29 is 9.53 Å². The number of halogens is 1. The van der Waals surface area contributed by atoms with E-state index in [4.69, 9.17) is 16.3 Å². The average Bonchev–Trinajstić information content (AvgIpc) is 2.65. The van der Waals surface area contributed by atoms with Crippen LogP contribution >= 0.6 is 11.6 Å². The molecule has 138 valence electrons. The first-order valence-corrected chi connectivity index (χ1v) is 9.51. The number of aryl methyl sites for hydroxylation is 1. The zero-order valence-corrected chi connectivity index (χ0v) is 16.0. The largest absolute Gasteiger partial charge is 0.478 e. The van der Waals surface area contributed by atoms with Gasteiger partial charge in [0.25, 0.3) is 5.91 Å². The van der Waals surface area contributed by atoms with Gasteiger partial charge in [-0.1, -0.05) is 43.1 Å². The summed E-state index contributed by atoms with van der Waals surface area (Å²) in [5.74, 6) is 0.660. The predicted molar refractivity (Wildman–Crippen MR) is 106 cm³/mol. The normalized spacial score (nSPS) is 19.3. The third kappa shape index (κ3) is 4.02. The van der Waals surface area contributed by atoms with Gasteiger partial charge in [0, 0.05) is 17.3 Å². The summed E-state index contributed by atoms with van der Waals surface area (Å²) < 4.78 is 5.99. The number of unbranched alkanes of at least 4 members (excludes halogenated alkanes) is 1. The number of β-lactam (4-membered cyclic amide) rings is 1. The first kappa shape index (κ1) is 18.7. The lowest BCUT2D eigenvalue weighted by Gasteiger charge is -2.47. The van der Waals surface area contributed by atoms with Crippen LogP contribution in [0.4, 0.5) is 5.69 Å². The molecule has 2 aromatic rings. The van der Waals surface area contributed by atoms with Crippen molar-refractivity contribution in [3.8, 4) is 5.75 Å². The Labute approximate surface area is 160 Å². The molecule has 26 heavy (non-hydrogen) atoms. The smallest absolute Gasteiger partial charge is 0.270 e. The highest BCUT2D eigenvalue weighted by molar-refractivity contribution is 6.30. The van der Waals surface area contributed by atoms with Crippen LogP contribution in [0.3, 0.4) is 0 Å². The fraction of sp³-hybridized carbons (Fsp3) is 0.381. The van der Waals surface area contributed by atoms with E-state index in [-0.39, 0.29) is 11.9 Å². The number of hydrogen-bond acceptors (Lipinski definition) is 3. The average molecular weight is 373 g/mol. The van der Waals surface area contributed by atoms with Gasteiger partial charge in [0.1, 0.15) is 5.75 Å². The quantitative estimate of drug-likeness (QED) is 0.557. The van der Waals surface area contributed by atoms with Crippen molar-refractivity contribution in [3.05, 3.63) is 59.1 Å². The molecule has 1 fully saturated rings. The fourth-order valence-corrected chi connectivity index (χ4v) is 3.31. The van der Waals surface area contributed by atoms with E-state index in [1.54, 1.807) is 24.3 Å². The van der Waals surface area contributed by atoms with Crippen LogP contribution in [0.5, 0.6) is 5.75 Å². The lowest BCUT2D eigenvalue weighted by Crippen LogP contribution is -2.70. The maximum atomic E-state index is 12.8. The molecule has 1 N–H and O–H groups in total. The Hall–Kier alpha value is -2.04. The molecule has 1 heterocycles. The number of carbonyl (C=O) groups is 1. The molecule has 0 spiro atoms. The van der Waals surface area contributed by atoms with Gasteiger partial charge < -0.3 is 15.0 Å². The molecule has 2 aromatic carbocycles. The van der Waals surface area contributed by atoms with Crippen molar-refractivity contribution in [2.45, 2.75) is 38.8 Å². The van der Waals surface area contributed by atoms with Crippen LogP contribution in [0.1, 0.15) is 25.3 Å². The van der Waals surface area contributed by atoms with Gasteiger partial charge >= 0.3 is 0 Å². The van der Waals surface area contributed by atoms with E-state index < -0.39 is 6.10 Å². The van der Waals surface area contributed by atoms with Gasteiger partial charge in [-0.15, -0.1) is 0 Å². The SMILES string of the molecule is CCCCNC[C@@H]1[C@@H](Oc2ccc(Cl)cc2)C(=O)N1c1ccccc1C. The molecule has 4 nitrogen and oxygen atoms in total. The second kappa shape index (κ2) is 8.56. The summed E-state index contributed by atoms with van der Waals surface area (Å²) in [6, 6.07) is 15.1. The van der Waals surface area contributed by atoms with E-state index in [1.165, 1.54) is 0 Å². The Morgan fingerprint density at radius 1 is 1.15 bits per heavy atom. The summed E-state index contributed by atoms with van der Waals surface area (Å²) in [6.07, 6.45) is 1.78. The molecule has 1 saturated heterocycles. The Bertz CT molecular complexity index is 748. The summed E-state index contributed by atoms with van der Waals surface area (Å²) in [5.41, 5.74) is 2.04. The summed E-state index contributed by atoms with van der Waals surface area (Å²) in [6.45, 7) is 5.84. The first-order valence-electron chi connectivity index (χ1n) is 9.13. The monoisotopic (exact) mass is 372 g/mol. The minimum absolute atomic E-state index is 0.00320. The highest BCUT2D eigenvalue weighted by atomic mass is 35.5. The minimum atomic E-state index is -0.482. The zero-order valence-electron chi connectivity index (χ0n) is 15.2. The summed E-state index contributed by atoms with van der Waals surface area (Å²) in [7, 11) is 0. The van der Waals surface area contributed by atoms with Crippen LogP contribution in [0.25, 0.3) is 0 Å². The Morgan fingerprint density at radius 3 is 2.58 bits per heavy atom. The number of para-hydroxylation sites is 1. The van der Waals surface area contributed by atoms with Crippen molar-refractivity contribution in [2.75, 3.05) is 18.0 Å². The molecule has 5 heteroatoms. The maximum Gasteiger partial charge on any atom is 0.270 e. The Balaban J connectivity index is 1.76. The van der Waals surface area contributed by atoms with Crippen molar-refractivity contribution in [1.29, 1.82) is 0 Å². The van der Waals surface area contributed by atoms with Gasteiger partial charge in [-0.2, -0.15) is 0 Å². The van der Waals surface area contributed by atoms with Gasteiger partial charge in [0.2, 0.25) is 0 Å². The molecule has 2 atom stereocenters. The third-order valence-corrected chi connectivity index (χ3v) is 4.93. The number of carbonyl (C=O) groups excluding carboxylic acids is 1. The second-order valence-corrected chi connectivity index (χ2v) is 7.05. The van der Waals surface area contributed by atoms with E-state index >= 15 is 0 Å². The number of amides is 1. The topological polar surface area (TPSA) is 41.6 Å². The van der Waals surface area contributed by atoms with Crippen LogP contribution in [-0.4, -0.2) is 31.1 Å². The van der Waals surface area contributed by atoms with Gasteiger partial charge in [-0.05, 0) is 55.8 Å². The van der Waals surface area contributed by atoms with Crippen molar-refractivity contribution in [2.24, 2.45) is 0 Å². The molecule has 1 amide bonds. The summed E-state index contributed by atoms with van der Waals surface area (Å²) in [4.78, 5) is 14.7. The zero-order chi connectivity index (χ0) is 18.5. The molecule has 3 rings (SSSR count). The van der Waals surface area contributed by atoms with E-state index in [9.17, 15) is 4.79 Å². The van der Waals surface area contributed by atoms with E-state index in [0.29, 0.717) is 17.3 Å². The molecule has 0 unspecified atom stereocenters. The van der Waals surface area contributed by atoms with Gasteiger partial charge in [0.05, 0.1) is 6.04 Å². The summed E-state index contributed by atoms with van der Waals surface area (Å²) >= 11 is 5.93. The van der Waals surface area contributed by atoms with E-state index in [2.05, 4.69) is 12.2 Å². The molecule has 0 saturated carbocycles. The van der Waals surface area contributed by atoms with Crippen molar-refractivity contribution in [3.63, 3.8) is 0 Å². The van der Waals surface area contributed by atoms with Crippen LogP contribution in [0.15, 0.2) is 48.5 Å². The van der Waals surface area contributed by atoms with E-state index in [0.717, 1.165) is 30.6 Å². The third-order valence-electron chi connectivity index (χ3n) is 4.67. The molecule has 0 bridgehead atoms. The lowest BCUT2D eigenvalue weighted by molar-refractivity contribution is -0.134. The molecule has 0 aromatic heterocycles. The number of nitrogens with zero attached hydrogens (tertiary/aromatic N) is 1. The molecule has 0 radical (unpaired) electrons. The Kier molecular flexibility index (Phi) is 6.17. The number of benzene rings is 2. The lowest BCUT2D eigenvalue weighted by atomic mass is 9.95. The van der Waals surface area contributed by atoms with Crippen molar-refractivity contribution in [1.82, 2.24) is 5.32 Å². The predicted octanol–water partition coefficient (Wildman–Crippen LogP) is 4.20. The summed E-state index contributed by atoms with van der Waals surface area (Å²) in [5, 5.41) is 4.11. The highest BCUT2D eigenvalue weighted by Gasteiger charge is 2.50. The van der Waals surface area contributed by atoms with E-state index in [1.807, 2.05) is 36.1 Å². The van der Waals surface area contributed by atoms with Crippen LogP contribution in [-0.2, 0) is 4.79 Å². The maximum absolute atomic E-state index is 12.8. The van der Waals surface area contributed by atoms with Crippen molar-refractivity contribution >= 4 is 23.2 Å². The number of hydrogen-bond donors (Lipinski definition) is 1. The number of ether oxygens (including phenoxy) is 1. The highest BCUT2D eigenvalue weighted by Crippen LogP contribution is 2.33. The van der Waals surface area contributed by atoms with Gasteiger partial charge in [0.15, 0.2) is 6.10 Å². The molecular weight excluding hydrogens is 348 g/mol. The van der Waals surface area contributed by atoms with Crippen LogP contribution in [0, 0.1) is 6.92 Å². The van der Waals surface area contributed by atoms with Gasteiger partial charge in [-0.3, -0.25) is 4.79 Å². The first-order chi connectivity index (χ1) is 12.6. The molecule has 1 aliphatic rings.